The average molecular weight is 180 g/mol. The molecule has 3 heteroatoms. The molecule has 0 aliphatic heterocycles. The Hall–Kier alpha value is -0.960. The highest BCUT2D eigenvalue weighted by Gasteiger charge is 2.05. The molecule has 0 aliphatic rings. The van der Waals surface area contributed by atoms with Gasteiger partial charge in [-0.2, -0.15) is 0 Å². The van der Waals surface area contributed by atoms with Gasteiger partial charge in [0.15, 0.2) is 0 Å². The Morgan fingerprint density at radius 3 is 2.67 bits per heavy atom. The maximum Gasteiger partial charge on any atom is 0.0759 e. The quantitative estimate of drug-likeness (QED) is 0.717. The molecule has 12 heavy (non-hydrogen) atoms. The Morgan fingerprint density at radius 2 is 2.17 bits per heavy atom. The van der Waals surface area contributed by atoms with Gasteiger partial charge in [0.25, 0.3) is 0 Å². The van der Waals surface area contributed by atoms with Gasteiger partial charge >= 0.3 is 0 Å². The third-order valence-corrected chi connectivity index (χ3v) is 2.18. The Labute approximate surface area is 77.8 Å². The minimum absolute atomic E-state index is 0.266. The van der Waals surface area contributed by atoms with Gasteiger partial charge in [-0.05, 0) is 24.1 Å². The van der Waals surface area contributed by atoms with E-state index in [9.17, 15) is 0 Å². The van der Waals surface area contributed by atoms with Crippen LogP contribution in [0.4, 0.5) is 0 Å². The highest BCUT2D eigenvalue weighted by atomic mass is 32.1. The second-order valence-corrected chi connectivity index (χ2v) is 3.33. The normalized spacial score (nSPS) is 12.4. The van der Waals surface area contributed by atoms with Gasteiger partial charge in [-0.15, -0.1) is 0 Å². The molecule has 0 saturated carbocycles. The lowest BCUT2D eigenvalue weighted by atomic mass is 10.0. The predicted molar refractivity (Wildman–Crippen MR) is 53.9 cm³/mol. The van der Waals surface area contributed by atoms with E-state index in [1.807, 2.05) is 19.1 Å². The third-order valence-electron chi connectivity index (χ3n) is 1.78. The van der Waals surface area contributed by atoms with E-state index in [4.69, 9.17) is 18.0 Å². The summed E-state index contributed by atoms with van der Waals surface area (Å²) in [6.07, 6.45) is 4.46. The van der Waals surface area contributed by atoms with Crippen molar-refractivity contribution >= 4 is 17.2 Å². The van der Waals surface area contributed by atoms with Crippen LogP contribution in [0.1, 0.15) is 12.5 Å². The van der Waals surface area contributed by atoms with Crippen LogP contribution in [-0.4, -0.2) is 9.97 Å². The summed E-state index contributed by atoms with van der Waals surface area (Å²) < 4.78 is 0. The van der Waals surface area contributed by atoms with Gasteiger partial charge in [0.05, 0.1) is 4.99 Å². The van der Waals surface area contributed by atoms with E-state index in [1.165, 1.54) is 5.56 Å². The van der Waals surface area contributed by atoms with Crippen LogP contribution >= 0.6 is 12.2 Å². The van der Waals surface area contributed by atoms with E-state index in [0.717, 1.165) is 6.42 Å². The van der Waals surface area contributed by atoms with Crippen molar-refractivity contribution in [2.45, 2.75) is 13.3 Å². The van der Waals surface area contributed by atoms with Crippen LogP contribution in [0.15, 0.2) is 24.5 Å². The molecule has 0 radical (unpaired) electrons. The standard InChI is InChI=1S/C9H12N2S/c1-7(9(10)12)6-8-2-4-11-5-3-8/h2-5,7H,6H2,1H3,(H2,10,12). The lowest BCUT2D eigenvalue weighted by Crippen LogP contribution is -2.20. The van der Waals surface area contributed by atoms with Crippen LogP contribution < -0.4 is 5.73 Å². The molecule has 1 rings (SSSR count). The number of rotatable bonds is 3. The van der Waals surface area contributed by atoms with E-state index in [1.54, 1.807) is 12.4 Å². The van der Waals surface area contributed by atoms with Crippen molar-refractivity contribution < 1.29 is 0 Å². The van der Waals surface area contributed by atoms with Crippen molar-refractivity contribution in [3.63, 3.8) is 0 Å². The van der Waals surface area contributed by atoms with Crippen molar-refractivity contribution in [1.29, 1.82) is 0 Å². The first-order chi connectivity index (χ1) is 5.70. The summed E-state index contributed by atoms with van der Waals surface area (Å²) >= 11 is 4.88. The van der Waals surface area contributed by atoms with Crippen LogP contribution in [0.5, 0.6) is 0 Å². The largest absolute Gasteiger partial charge is 0.393 e. The summed E-state index contributed by atoms with van der Waals surface area (Å²) in [7, 11) is 0. The van der Waals surface area contributed by atoms with E-state index < -0.39 is 0 Å². The first kappa shape index (κ1) is 9.13. The molecule has 0 saturated heterocycles. The molecule has 0 bridgehead atoms. The van der Waals surface area contributed by atoms with E-state index in [2.05, 4.69) is 4.98 Å². The number of aromatic nitrogens is 1. The molecule has 1 heterocycles. The molecule has 0 fully saturated rings. The fourth-order valence-corrected chi connectivity index (χ4v) is 1.06. The van der Waals surface area contributed by atoms with Crippen LogP contribution in [-0.2, 0) is 6.42 Å². The van der Waals surface area contributed by atoms with Gasteiger partial charge in [0, 0.05) is 18.3 Å². The van der Waals surface area contributed by atoms with E-state index >= 15 is 0 Å². The maximum atomic E-state index is 5.50. The Morgan fingerprint density at radius 1 is 1.58 bits per heavy atom. The molecule has 64 valence electrons. The molecule has 0 spiro atoms. The van der Waals surface area contributed by atoms with Crippen molar-refractivity contribution in [3.8, 4) is 0 Å². The lowest BCUT2D eigenvalue weighted by molar-refractivity contribution is 0.770. The summed E-state index contributed by atoms with van der Waals surface area (Å²) in [4.78, 5) is 4.51. The van der Waals surface area contributed by atoms with Crippen LogP contribution in [0, 0.1) is 5.92 Å². The van der Waals surface area contributed by atoms with Crippen LogP contribution in [0.3, 0.4) is 0 Å². The summed E-state index contributed by atoms with van der Waals surface area (Å²) in [5.74, 6) is 0.266. The number of thiocarbonyl (C=S) groups is 1. The second-order valence-electron chi connectivity index (χ2n) is 2.86. The summed E-state index contributed by atoms with van der Waals surface area (Å²) in [5, 5.41) is 0. The minimum Gasteiger partial charge on any atom is -0.393 e. The van der Waals surface area contributed by atoms with Gasteiger partial charge in [-0.1, -0.05) is 19.1 Å². The summed E-state index contributed by atoms with van der Waals surface area (Å²) in [6.45, 7) is 2.03. The molecule has 2 N–H and O–H groups in total. The molecule has 0 aromatic carbocycles. The highest BCUT2D eigenvalue weighted by Crippen LogP contribution is 2.06. The van der Waals surface area contributed by atoms with Gasteiger partial charge in [0.1, 0.15) is 0 Å². The molecule has 1 unspecified atom stereocenters. The highest BCUT2D eigenvalue weighted by molar-refractivity contribution is 7.80. The fourth-order valence-electron chi connectivity index (χ4n) is 0.973. The molecule has 1 aromatic heterocycles. The van der Waals surface area contributed by atoms with Gasteiger partial charge in [0.2, 0.25) is 0 Å². The van der Waals surface area contributed by atoms with Crippen LogP contribution in [0.2, 0.25) is 0 Å². The molecule has 0 aliphatic carbocycles. The Kier molecular flexibility index (Phi) is 3.17. The first-order valence-corrected chi connectivity index (χ1v) is 4.29. The van der Waals surface area contributed by atoms with Crippen molar-refractivity contribution in [2.24, 2.45) is 11.7 Å². The zero-order valence-corrected chi connectivity index (χ0v) is 7.84. The first-order valence-electron chi connectivity index (χ1n) is 3.88. The fraction of sp³-hybridized carbons (Fsp3) is 0.333. The lowest BCUT2D eigenvalue weighted by Gasteiger charge is -2.08. The maximum absolute atomic E-state index is 5.50. The molecule has 0 amide bonds. The van der Waals surface area contributed by atoms with Gasteiger partial charge in [-0.3, -0.25) is 4.98 Å². The topological polar surface area (TPSA) is 38.9 Å². The van der Waals surface area contributed by atoms with E-state index in [0.29, 0.717) is 4.99 Å². The van der Waals surface area contributed by atoms with Crippen LogP contribution in [0.25, 0.3) is 0 Å². The Balaban J connectivity index is 2.58. The monoisotopic (exact) mass is 180 g/mol. The van der Waals surface area contributed by atoms with Crippen molar-refractivity contribution in [3.05, 3.63) is 30.1 Å². The molecular weight excluding hydrogens is 168 g/mol. The summed E-state index contributed by atoms with van der Waals surface area (Å²) in [6, 6.07) is 3.96. The minimum atomic E-state index is 0.266. The number of pyridine rings is 1. The van der Waals surface area contributed by atoms with Crippen molar-refractivity contribution in [1.82, 2.24) is 4.98 Å². The number of hydrogen-bond donors (Lipinski definition) is 1. The zero-order chi connectivity index (χ0) is 8.97. The molecular formula is C9H12N2S. The Bertz CT molecular complexity index is 258. The zero-order valence-electron chi connectivity index (χ0n) is 7.03. The SMILES string of the molecule is CC(Cc1ccncc1)C(N)=S. The predicted octanol–water partition coefficient (Wildman–Crippen LogP) is 1.55. The van der Waals surface area contributed by atoms with Crippen molar-refractivity contribution in [2.75, 3.05) is 0 Å². The molecule has 1 atom stereocenters. The summed E-state index contributed by atoms with van der Waals surface area (Å²) in [5.41, 5.74) is 6.73. The van der Waals surface area contributed by atoms with E-state index in [-0.39, 0.29) is 5.92 Å². The third kappa shape index (κ3) is 2.58. The second kappa shape index (κ2) is 4.16. The number of nitrogens with two attached hydrogens (primary N) is 1. The number of nitrogens with zero attached hydrogens (tertiary/aromatic N) is 1. The molecule has 2 nitrogen and oxygen atoms in total. The molecule has 1 aromatic rings. The van der Waals surface area contributed by atoms with Gasteiger partial charge in [-0.25, -0.2) is 0 Å². The smallest absolute Gasteiger partial charge is 0.0759 e. The number of hydrogen-bond acceptors (Lipinski definition) is 2. The van der Waals surface area contributed by atoms with Gasteiger partial charge < -0.3 is 5.73 Å². The average Bonchev–Trinajstić information content (AvgIpc) is 2.06.